The smallest absolute Gasteiger partial charge is 0.253 e. The lowest BCUT2D eigenvalue weighted by atomic mass is 10.1. The van der Waals surface area contributed by atoms with Gasteiger partial charge in [0.25, 0.3) is 5.91 Å². The monoisotopic (exact) mass is 400 g/mol. The number of furan rings is 1. The van der Waals surface area contributed by atoms with Crippen LogP contribution >= 0.6 is 0 Å². The molecule has 5 rings (SSSR count). The molecule has 1 N–H and O–H groups in total. The number of nitrogens with one attached hydrogen (secondary N) is 1. The molecule has 7 nitrogen and oxygen atoms in total. The summed E-state index contributed by atoms with van der Waals surface area (Å²) in [6.07, 6.45) is 1.63. The van der Waals surface area contributed by atoms with Crippen molar-refractivity contribution in [1.29, 1.82) is 0 Å². The number of hydrogen-bond acceptors (Lipinski definition) is 4. The molecule has 0 saturated heterocycles. The first-order chi connectivity index (χ1) is 14.7. The van der Waals surface area contributed by atoms with Gasteiger partial charge in [-0.1, -0.05) is 42.5 Å². The first-order valence-electron chi connectivity index (χ1n) is 9.82. The number of benzene rings is 2. The van der Waals surface area contributed by atoms with E-state index >= 15 is 0 Å². The van der Waals surface area contributed by atoms with Crippen molar-refractivity contribution in [2.45, 2.75) is 25.6 Å². The van der Waals surface area contributed by atoms with Crippen LogP contribution in [0.25, 0.3) is 11.0 Å². The van der Waals surface area contributed by atoms with Gasteiger partial charge in [0.1, 0.15) is 11.8 Å². The maximum atomic E-state index is 13.2. The number of aromatic nitrogens is 2. The second-order valence-corrected chi connectivity index (χ2v) is 7.26. The molecule has 3 heterocycles. The van der Waals surface area contributed by atoms with E-state index in [9.17, 15) is 9.59 Å². The molecule has 0 fully saturated rings. The third-order valence-electron chi connectivity index (χ3n) is 5.29. The molecule has 0 aliphatic carbocycles. The zero-order valence-corrected chi connectivity index (χ0v) is 16.2. The van der Waals surface area contributed by atoms with Crippen LogP contribution in [0.1, 0.15) is 23.8 Å². The number of para-hydroxylation sites is 2. The van der Waals surface area contributed by atoms with E-state index in [0.717, 1.165) is 16.6 Å². The third kappa shape index (κ3) is 3.24. The van der Waals surface area contributed by atoms with Crippen molar-refractivity contribution in [3.05, 3.63) is 84.3 Å². The van der Waals surface area contributed by atoms with Crippen LogP contribution in [0.4, 0.5) is 5.95 Å². The highest BCUT2D eigenvalue weighted by molar-refractivity contribution is 6.03. The van der Waals surface area contributed by atoms with Crippen LogP contribution in [0.5, 0.6) is 0 Å². The zero-order chi connectivity index (χ0) is 20.5. The average molecular weight is 400 g/mol. The molecule has 2 aromatic heterocycles. The van der Waals surface area contributed by atoms with Gasteiger partial charge in [0, 0.05) is 6.54 Å². The molecule has 2 amide bonds. The molecule has 0 unspecified atom stereocenters. The van der Waals surface area contributed by atoms with Crippen molar-refractivity contribution in [1.82, 2.24) is 14.9 Å². The van der Waals surface area contributed by atoms with Crippen LogP contribution in [0.15, 0.2) is 77.4 Å². The fourth-order valence-corrected chi connectivity index (χ4v) is 3.85. The van der Waals surface area contributed by atoms with E-state index < -0.39 is 6.04 Å². The molecule has 1 atom stereocenters. The SMILES string of the molecule is O=C(C[C@H]1C(=O)N(Cc2ccco2)c2nc3ccccc3n21)NCc1ccccc1. The van der Waals surface area contributed by atoms with Crippen LogP contribution in [-0.4, -0.2) is 21.4 Å². The minimum absolute atomic E-state index is 0.0493. The van der Waals surface area contributed by atoms with E-state index in [0.29, 0.717) is 18.3 Å². The number of anilines is 1. The van der Waals surface area contributed by atoms with Gasteiger partial charge in [-0.25, -0.2) is 4.98 Å². The lowest BCUT2D eigenvalue weighted by Gasteiger charge is -2.15. The maximum absolute atomic E-state index is 13.2. The molecule has 30 heavy (non-hydrogen) atoms. The lowest BCUT2D eigenvalue weighted by molar-refractivity contribution is -0.127. The van der Waals surface area contributed by atoms with Gasteiger partial charge in [-0.15, -0.1) is 0 Å². The first-order valence-corrected chi connectivity index (χ1v) is 9.82. The summed E-state index contributed by atoms with van der Waals surface area (Å²) in [6.45, 7) is 0.700. The molecule has 0 spiro atoms. The number of hydrogen-bond donors (Lipinski definition) is 1. The Morgan fingerprint density at radius 2 is 1.83 bits per heavy atom. The van der Waals surface area contributed by atoms with Gasteiger partial charge in [-0.05, 0) is 29.8 Å². The summed E-state index contributed by atoms with van der Waals surface area (Å²) in [5.41, 5.74) is 2.64. The summed E-state index contributed by atoms with van der Waals surface area (Å²) in [4.78, 5) is 32.2. The summed E-state index contributed by atoms with van der Waals surface area (Å²) in [5, 5.41) is 2.92. The molecular weight excluding hydrogens is 380 g/mol. The van der Waals surface area contributed by atoms with Crippen molar-refractivity contribution in [3.8, 4) is 0 Å². The van der Waals surface area contributed by atoms with Crippen LogP contribution in [0, 0.1) is 0 Å². The van der Waals surface area contributed by atoms with Gasteiger partial charge < -0.3 is 9.73 Å². The quantitative estimate of drug-likeness (QED) is 0.538. The number of fused-ring (bicyclic) bond motifs is 3. The molecule has 2 aromatic carbocycles. The van der Waals surface area contributed by atoms with Crippen molar-refractivity contribution in [3.63, 3.8) is 0 Å². The Balaban J connectivity index is 1.42. The minimum Gasteiger partial charge on any atom is -0.467 e. The highest BCUT2D eigenvalue weighted by Crippen LogP contribution is 2.37. The highest BCUT2D eigenvalue weighted by Gasteiger charge is 2.41. The van der Waals surface area contributed by atoms with Gasteiger partial charge >= 0.3 is 0 Å². The van der Waals surface area contributed by atoms with Crippen LogP contribution in [0.3, 0.4) is 0 Å². The number of carbonyl (C=O) groups is 2. The Morgan fingerprint density at radius 3 is 2.63 bits per heavy atom. The summed E-state index contributed by atoms with van der Waals surface area (Å²) in [6, 6.07) is 20.3. The normalized spacial score (nSPS) is 15.5. The second-order valence-electron chi connectivity index (χ2n) is 7.26. The summed E-state index contributed by atoms with van der Waals surface area (Å²) >= 11 is 0. The van der Waals surface area contributed by atoms with Gasteiger partial charge in [-0.3, -0.25) is 19.1 Å². The maximum Gasteiger partial charge on any atom is 0.253 e. The van der Waals surface area contributed by atoms with Crippen LogP contribution in [-0.2, 0) is 22.7 Å². The molecule has 150 valence electrons. The summed E-state index contributed by atoms with van der Waals surface area (Å²) in [7, 11) is 0. The van der Waals surface area contributed by atoms with Crippen molar-refractivity contribution >= 4 is 28.8 Å². The average Bonchev–Trinajstić information content (AvgIpc) is 3.47. The van der Waals surface area contributed by atoms with Crippen LogP contribution < -0.4 is 10.2 Å². The fourth-order valence-electron chi connectivity index (χ4n) is 3.85. The first kappa shape index (κ1) is 18.2. The van der Waals surface area contributed by atoms with E-state index in [1.807, 2.05) is 65.2 Å². The number of amides is 2. The lowest BCUT2D eigenvalue weighted by Crippen LogP contribution is -2.32. The third-order valence-corrected chi connectivity index (χ3v) is 5.29. The van der Waals surface area contributed by atoms with Gasteiger partial charge in [0.05, 0.1) is 30.3 Å². The molecule has 1 aliphatic heterocycles. The summed E-state index contributed by atoms with van der Waals surface area (Å²) in [5.74, 6) is 0.866. The Bertz CT molecular complexity index is 1200. The van der Waals surface area contributed by atoms with Gasteiger partial charge in [0.2, 0.25) is 11.9 Å². The zero-order valence-electron chi connectivity index (χ0n) is 16.2. The molecule has 0 bridgehead atoms. The molecule has 4 aromatic rings. The number of nitrogens with zero attached hydrogens (tertiary/aromatic N) is 3. The van der Waals surface area contributed by atoms with Crippen molar-refractivity contribution in [2.24, 2.45) is 0 Å². The second kappa shape index (κ2) is 7.51. The molecule has 1 aliphatic rings. The van der Waals surface area contributed by atoms with Crippen molar-refractivity contribution in [2.75, 3.05) is 4.90 Å². The predicted molar refractivity (Wildman–Crippen MR) is 112 cm³/mol. The predicted octanol–water partition coefficient (Wildman–Crippen LogP) is 3.42. The van der Waals surface area contributed by atoms with E-state index in [1.54, 1.807) is 17.2 Å². The Morgan fingerprint density at radius 1 is 1.03 bits per heavy atom. The van der Waals surface area contributed by atoms with Crippen molar-refractivity contribution < 1.29 is 14.0 Å². The van der Waals surface area contributed by atoms with Gasteiger partial charge in [-0.2, -0.15) is 0 Å². The Hall–Kier alpha value is -3.87. The fraction of sp³-hybridized carbons (Fsp3) is 0.174. The largest absolute Gasteiger partial charge is 0.467 e. The molecule has 0 saturated carbocycles. The standard InChI is InChI=1S/C23H20N4O3/c28-21(24-14-16-7-2-1-3-8-16)13-20-22(29)26(15-17-9-6-12-30-17)23-25-18-10-4-5-11-19(18)27(20)23/h1-12,20H,13-15H2,(H,24,28)/t20-/m0/s1. The highest BCUT2D eigenvalue weighted by atomic mass is 16.3. The van der Waals surface area contributed by atoms with Gasteiger partial charge in [0.15, 0.2) is 0 Å². The van der Waals surface area contributed by atoms with E-state index in [-0.39, 0.29) is 24.8 Å². The molecule has 7 heteroatoms. The molecular formula is C23H20N4O3. The molecule has 0 radical (unpaired) electrons. The topological polar surface area (TPSA) is 80.4 Å². The number of carbonyl (C=O) groups excluding carboxylic acids is 2. The number of rotatable bonds is 6. The van der Waals surface area contributed by atoms with E-state index in [4.69, 9.17) is 4.42 Å². The summed E-state index contributed by atoms with van der Waals surface area (Å²) < 4.78 is 7.29. The Kier molecular flexibility index (Phi) is 4.55. The number of imidazole rings is 1. The van der Waals surface area contributed by atoms with E-state index in [1.165, 1.54) is 0 Å². The van der Waals surface area contributed by atoms with E-state index in [2.05, 4.69) is 10.3 Å². The Labute approximate surface area is 172 Å². The van der Waals surface area contributed by atoms with Crippen LogP contribution in [0.2, 0.25) is 0 Å². The minimum atomic E-state index is -0.641.